The molecule has 1 amide bonds. The summed E-state index contributed by atoms with van der Waals surface area (Å²) in [5.41, 5.74) is 9.15. The van der Waals surface area contributed by atoms with Crippen LogP contribution in [0.4, 0.5) is 0 Å². The van der Waals surface area contributed by atoms with Crippen molar-refractivity contribution >= 4 is 16.8 Å². The number of nitrogens with zero attached hydrogens (tertiary/aromatic N) is 1. The second-order valence-corrected chi connectivity index (χ2v) is 4.73. The molecule has 1 aliphatic heterocycles. The van der Waals surface area contributed by atoms with E-state index < -0.39 is 0 Å². The number of hydrogen-bond acceptors (Lipinski definition) is 2. The van der Waals surface area contributed by atoms with Crippen LogP contribution in [0.2, 0.25) is 0 Å². The molecule has 0 radical (unpaired) electrons. The Kier molecular flexibility index (Phi) is 2.80. The number of nitrogens with two attached hydrogens (primary N) is 1. The van der Waals surface area contributed by atoms with Crippen molar-refractivity contribution in [3.63, 3.8) is 0 Å². The molecule has 94 valence electrons. The predicted molar refractivity (Wildman–Crippen MR) is 71.1 cm³/mol. The molecule has 1 aromatic carbocycles. The van der Waals surface area contributed by atoms with E-state index >= 15 is 0 Å². The van der Waals surface area contributed by atoms with Crippen molar-refractivity contribution in [2.75, 3.05) is 13.1 Å². The minimum atomic E-state index is 0.161. The molecular formula is C14H17N3O. The van der Waals surface area contributed by atoms with Crippen LogP contribution in [-0.2, 0) is 17.8 Å². The van der Waals surface area contributed by atoms with Gasteiger partial charge in [0.05, 0.1) is 0 Å². The van der Waals surface area contributed by atoms with Crippen LogP contribution in [0.25, 0.3) is 10.9 Å². The van der Waals surface area contributed by atoms with Gasteiger partial charge in [-0.2, -0.15) is 0 Å². The molecule has 3 N–H and O–H groups in total. The largest absolute Gasteiger partial charge is 0.358 e. The Balaban J connectivity index is 1.94. The minimum absolute atomic E-state index is 0.161. The average Bonchev–Trinajstić information content (AvgIpc) is 2.76. The zero-order valence-electron chi connectivity index (χ0n) is 10.3. The van der Waals surface area contributed by atoms with E-state index in [-0.39, 0.29) is 5.91 Å². The van der Waals surface area contributed by atoms with Gasteiger partial charge in [-0.1, -0.05) is 18.2 Å². The third-order valence-electron chi connectivity index (χ3n) is 3.59. The van der Waals surface area contributed by atoms with Crippen LogP contribution in [-0.4, -0.2) is 28.9 Å². The highest BCUT2D eigenvalue weighted by atomic mass is 16.2. The van der Waals surface area contributed by atoms with Gasteiger partial charge in [0, 0.05) is 54.6 Å². The van der Waals surface area contributed by atoms with Crippen molar-refractivity contribution in [3.8, 4) is 0 Å². The number of nitrogens with one attached hydrogen (secondary N) is 1. The Morgan fingerprint density at radius 2 is 2.22 bits per heavy atom. The first-order valence-electron chi connectivity index (χ1n) is 6.36. The number of aromatic amines is 1. The summed E-state index contributed by atoms with van der Waals surface area (Å²) >= 11 is 0. The zero-order valence-corrected chi connectivity index (χ0v) is 10.3. The number of fused-ring (bicyclic) bond motifs is 3. The van der Waals surface area contributed by atoms with E-state index in [9.17, 15) is 4.79 Å². The molecule has 0 saturated heterocycles. The van der Waals surface area contributed by atoms with Crippen LogP contribution in [0.5, 0.6) is 0 Å². The van der Waals surface area contributed by atoms with E-state index in [1.165, 1.54) is 16.6 Å². The summed E-state index contributed by atoms with van der Waals surface area (Å²) in [5.74, 6) is 0.161. The lowest BCUT2D eigenvalue weighted by Crippen LogP contribution is -2.36. The van der Waals surface area contributed by atoms with Gasteiger partial charge in [-0.25, -0.2) is 0 Å². The third-order valence-corrected chi connectivity index (χ3v) is 3.59. The van der Waals surface area contributed by atoms with Crippen LogP contribution in [0.1, 0.15) is 17.7 Å². The van der Waals surface area contributed by atoms with E-state index in [1.807, 2.05) is 17.0 Å². The first-order valence-corrected chi connectivity index (χ1v) is 6.36. The van der Waals surface area contributed by atoms with E-state index in [0.717, 1.165) is 18.5 Å². The van der Waals surface area contributed by atoms with Gasteiger partial charge in [0.1, 0.15) is 0 Å². The fourth-order valence-corrected chi connectivity index (χ4v) is 2.66. The lowest BCUT2D eigenvalue weighted by molar-refractivity contribution is -0.131. The van der Waals surface area contributed by atoms with Crippen molar-refractivity contribution < 1.29 is 4.79 Å². The van der Waals surface area contributed by atoms with Gasteiger partial charge in [0.15, 0.2) is 0 Å². The smallest absolute Gasteiger partial charge is 0.224 e. The Morgan fingerprint density at radius 1 is 1.39 bits per heavy atom. The Hall–Kier alpha value is -1.81. The van der Waals surface area contributed by atoms with Crippen molar-refractivity contribution in [3.05, 3.63) is 35.5 Å². The van der Waals surface area contributed by atoms with Crippen molar-refractivity contribution in [1.82, 2.24) is 9.88 Å². The number of carbonyl (C=O) groups excluding carboxylic acids is 1. The molecule has 0 spiro atoms. The number of para-hydroxylation sites is 1. The quantitative estimate of drug-likeness (QED) is 0.837. The standard InChI is InChI=1S/C14H17N3O/c15-7-5-14(18)17-8-6-13-11(9-17)10-3-1-2-4-12(10)16-13/h1-4,16H,5-9,15H2. The minimum Gasteiger partial charge on any atom is -0.358 e. The number of hydrogen-bond donors (Lipinski definition) is 2. The Labute approximate surface area is 106 Å². The first-order chi connectivity index (χ1) is 8.79. The van der Waals surface area contributed by atoms with Crippen LogP contribution in [0, 0.1) is 0 Å². The van der Waals surface area contributed by atoms with Gasteiger partial charge in [-0.05, 0) is 6.07 Å². The van der Waals surface area contributed by atoms with E-state index in [0.29, 0.717) is 19.5 Å². The average molecular weight is 243 g/mol. The lowest BCUT2D eigenvalue weighted by Gasteiger charge is -2.27. The highest BCUT2D eigenvalue weighted by molar-refractivity contribution is 5.86. The number of aromatic nitrogens is 1. The molecule has 2 heterocycles. The lowest BCUT2D eigenvalue weighted by atomic mass is 10.0. The van der Waals surface area contributed by atoms with E-state index in [1.54, 1.807) is 0 Å². The van der Waals surface area contributed by atoms with Crippen LogP contribution >= 0.6 is 0 Å². The van der Waals surface area contributed by atoms with Crippen molar-refractivity contribution in [1.29, 1.82) is 0 Å². The fraction of sp³-hybridized carbons (Fsp3) is 0.357. The normalized spacial score (nSPS) is 14.8. The number of rotatable bonds is 2. The predicted octanol–water partition coefficient (Wildman–Crippen LogP) is 1.40. The molecule has 1 aromatic heterocycles. The number of H-pyrrole nitrogens is 1. The second kappa shape index (κ2) is 4.46. The van der Waals surface area contributed by atoms with Crippen LogP contribution in [0.3, 0.4) is 0 Å². The van der Waals surface area contributed by atoms with Gasteiger partial charge in [0.2, 0.25) is 5.91 Å². The summed E-state index contributed by atoms with van der Waals surface area (Å²) in [7, 11) is 0. The monoisotopic (exact) mass is 243 g/mol. The molecule has 0 saturated carbocycles. The molecule has 3 rings (SSSR count). The number of amides is 1. The molecule has 0 atom stereocenters. The molecule has 1 aliphatic rings. The Bertz CT molecular complexity index is 588. The summed E-state index contributed by atoms with van der Waals surface area (Å²) in [6.07, 6.45) is 1.35. The maximum Gasteiger partial charge on any atom is 0.224 e. The Morgan fingerprint density at radius 3 is 3.06 bits per heavy atom. The fourth-order valence-electron chi connectivity index (χ4n) is 2.66. The number of benzene rings is 1. The molecule has 4 nitrogen and oxygen atoms in total. The summed E-state index contributed by atoms with van der Waals surface area (Å²) < 4.78 is 0. The molecular weight excluding hydrogens is 226 g/mol. The molecule has 2 aromatic rings. The highest BCUT2D eigenvalue weighted by Gasteiger charge is 2.23. The molecule has 0 aliphatic carbocycles. The third kappa shape index (κ3) is 1.78. The summed E-state index contributed by atoms with van der Waals surface area (Å²) in [6, 6.07) is 8.26. The zero-order chi connectivity index (χ0) is 12.5. The molecule has 4 heteroatoms. The summed E-state index contributed by atoms with van der Waals surface area (Å²) in [6.45, 7) is 1.92. The summed E-state index contributed by atoms with van der Waals surface area (Å²) in [4.78, 5) is 17.3. The van der Waals surface area contributed by atoms with Gasteiger partial charge in [-0.15, -0.1) is 0 Å². The molecule has 0 unspecified atom stereocenters. The van der Waals surface area contributed by atoms with E-state index in [4.69, 9.17) is 5.73 Å². The van der Waals surface area contributed by atoms with Crippen LogP contribution < -0.4 is 5.73 Å². The SMILES string of the molecule is NCCC(=O)N1CCc2[nH]c3ccccc3c2C1. The molecule has 18 heavy (non-hydrogen) atoms. The first kappa shape index (κ1) is 11.3. The van der Waals surface area contributed by atoms with Crippen molar-refractivity contribution in [2.45, 2.75) is 19.4 Å². The van der Waals surface area contributed by atoms with Gasteiger partial charge < -0.3 is 15.6 Å². The van der Waals surface area contributed by atoms with E-state index in [2.05, 4.69) is 17.1 Å². The highest BCUT2D eigenvalue weighted by Crippen LogP contribution is 2.27. The molecule has 0 fully saturated rings. The number of carbonyl (C=O) groups is 1. The maximum atomic E-state index is 11.9. The van der Waals surface area contributed by atoms with Crippen molar-refractivity contribution in [2.24, 2.45) is 5.73 Å². The topological polar surface area (TPSA) is 62.1 Å². The maximum absolute atomic E-state index is 11.9. The van der Waals surface area contributed by atoms with Gasteiger partial charge in [-0.3, -0.25) is 4.79 Å². The van der Waals surface area contributed by atoms with Gasteiger partial charge in [0.25, 0.3) is 0 Å². The summed E-state index contributed by atoms with van der Waals surface area (Å²) in [5, 5.41) is 1.23. The second-order valence-electron chi connectivity index (χ2n) is 4.73. The van der Waals surface area contributed by atoms with Crippen LogP contribution in [0.15, 0.2) is 24.3 Å². The molecule has 0 bridgehead atoms. The van der Waals surface area contributed by atoms with Gasteiger partial charge >= 0.3 is 0 Å².